The summed E-state index contributed by atoms with van der Waals surface area (Å²) in [6.07, 6.45) is 0. The number of nitrogens with zero attached hydrogens (tertiary/aromatic N) is 2. The van der Waals surface area contributed by atoms with Gasteiger partial charge in [-0.05, 0) is 47.2 Å². The number of carbonyl (C=O) groups is 1. The SMILES string of the molecule is O=C(Cn1nc(-c2ccc3ccccc3c2)ccc1=O)Nc1ccc(F)cc1. The van der Waals surface area contributed by atoms with Gasteiger partial charge in [0.2, 0.25) is 5.91 Å². The van der Waals surface area contributed by atoms with Crippen molar-refractivity contribution in [2.75, 3.05) is 5.32 Å². The van der Waals surface area contributed by atoms with Crippen molar-refractivity contribution in [3.8, 4) is 11.3 Å². The Bertz CT molecular complexity index is 1220. The molecule has 0 atom stereocenters. The number of halogens is 1. The second-order valence-corrected chi connectivity index (χ2v) is 6.33. The Morgan fingerprint density at radius 3 is 2.46 bits per heavy atom. The maximum absolute atomic E-state index is 13.0. The smallest absolute Gasteiger partial charge is 0.267 e. The highest BCUT2D eigenvalue weighted by Gasteiger charge is 2.09. The first-order chi connectivity index (χ1) is 13.6. The van der Waals surface area contributed by atoms with E-state index in [1.54, 1.807) is 6.07 Å². The lowest BCUT2D eigenvalue weighted by Gasteiger charge is -2.09. The fourth-order valence-corrected chi connectivity index (χ4v) is 2.93. The van der Waals surface area contributed by atoms with Crippen molar-refractivity contribution in [2.24, 2.45) is 0 Å². The van der Waals surface area contributed by atoms with E-state index in [4.69, 9.17) is 0 Å². The summed E-state index contributed by atoms with van der Waals surface area (Å²) in [6.45, 7) is -0.238. The minimum Gasteiger partial charge on any atom is -0.324 e. The van der Waals surface area contributed by atoms with E-state index in [9.17, 15) is 14.0 Å². The first-order valence-electron chi connectivity index (χ1n) is 8.71. The number of hydrogen-bond acceptors (Lipinski definition) is 3. The van der Waals surface area contributed by atoms with Crippen molar-refractivity contribution >= 4 is 22.4 Å². The zero-order valence-electron chi connectivity index (χ0n) is 14.8. The van der Waals surface area contributed by atoms with E-state index >= 15 is 0 Å². The maximum atomic E-state index is 13.0. The molecule has 0 fully saturated rings. The monoisotopic (exact) mass is 373 g/mol. The van der Waals surface area contributed by atoms with Gasteiger partial charge in [-0.3, -0.25) is 9.59 Å². The zero-order valence-corrected chi connectivity index (χ0v) is 14.8. The largest absolute Gasteiger partial charge is 0.324 e. The summed E-state index contributed by atoms with van der Waals surface area (Å²) in [6, 6.07) is 22.3. The fraction of sp³-hybridized carbons (Fsp3) is 0.0455. The average Bonchev–Trinajstić information content (AvgIpc) is 2.71. The molecule has 0 unspecified atom stereocenters. The highest BCUT2D eigenvalue weighted by molar-refractivity contribution is 5.90. The molecule has 5 nitrogen and oxygen atoms in total. The van der Waals surface area contributed by atoms with Gasteiger partial charge in [0, 0.05) is 17.3 Å². The number of hydrogen-bond donors (Lipinski definition) is 1. The molecule has 4 rings (SSSR count). The maximum Gasteiger partial charge on any atom is 0.267 e. The number of anilines is 1. The van der Waals surface area contributed by atoms with Gasteiger partial charge >= 0.3 is 0 Å². The van der Waals surface area contributed by atoms with Gasteiger partial charge in [0.25, 0.3) is 5.56 Å². The van der Waals surface area contributed by atoms with E-state index in [1.807, 2.05) is 42.5 Å². The van der Waals surface area contributed by atoms with Gasteiger partial charge in [-0.25, -0.2) is 9.07 Å². The predicted molar refractivity (Wildman–Crippen MR) is 106 cm³/mol. The summed E-state index contributed by atoms with van der Waals surface area (Å²) >= 11 is 0. The van der Waals surface area contributed by atoms with Crippen LogP contribution in [0.25, 0.3) is 22.0 Å². The Hall–Kier alpha value is -3.80. The second kappa shape index (κ2) is 7.44. The summed E-state index contributed by atoms with van der Waals surface area (Å²) in [5.74, 6) is -0.809. The topological polar surface area (TPSA) is 64.0 Å². The number of benzene rings is 3. The lowest BCUT2D eigenvalue weighted by Crippen LogP contribution is -2.29. The number of carbonyl (C=O) groups excluding carboxylic acids is 1. The predicted octanol–water partition coefficient (Wildman–Crippen LogP) is 3.84. The number of amides is 1. The van der Waals surface area contributed by atoms with Crippen LogP contribution < -0.4 is 10.9 Å². The van der Waals surface area contributed by atoms with E-state index in [1.165, 1.54) is 30.3 Å². The van der Waals surface area contributed by atoms with E-state index in [0.717, 1.165) is 21.0 Å². The van der Waals surface area contributed by atoms with Gasteiger partial charge in [0.1, 0.15) is 12.4 Å². The van der Waals surface area contributed by atoms with Crippen LogP contribution in [0, 0.1) is 5.82 Å². The summed E-state index contributed by atoms with van der Waals surface area (Å²) in [4.78, 5) is 24.4. The van der Waals surface area contributed by atoms with Crippen LogP contribution in [0.2, 0.25) is 0 Å². The molecule has 4 aromatic rings. The van der Waals surface area contributed by atoms with Crippen molar-refractivity contribution in [1.82, 2.24) is 9.78 Å². The standard InChI is InChI=1S/C22H16FN3O2/c23-18-7-9-19(10-8-18)24-21(27)14-26-22(28)12-11-20(25-26)17-6-5-15-3-1-2-4-16(15)13-17/h1-13H,14H2,(H,24,27). The Labute approximate surface area is 160 Å². The highest BCUT2D eigenvalue weighted by Crippen LogP contribution is 2.22. The van der Waals surface area contributed by atoms with Crippen LogP contribution in [0.3, 0.4) is 0 Å². The van der Waals surface area contributed by atoms with Gasteiger partial charge in [-0.1, -0.05) is 36.4 Å². The third kappa shape index (κ3) is 3.81. The Morgan fingerprint density at radius 1 is 0.929 bits per heavy atom. The van der Waals surface area contributed by atoms with Crippen LogP contribution in [-0.4, -0.2) is 15.7 Å². The summed E-state index contributed by atoms with van der Waals surface area (Å²) < 4.78 is 14.1. The quantitative estimate of drug-likeness (QED) is 0.591. The molecule has 1 N–H and O–H groups in total. The molecular formula is C22H16FN3O2. The molecule has 0 bridgehead atoms. The molecule has 0 aliphatic carbocycles. The van der Waals surface area contributed by atoms with Crippen LogP contribution in [0.15, 0.2) is 83.7 Å². The van der Waals surface area contributed by atoms with Crippen LogP contribution in [0.1, 0.15) is 0 Å². The lowest BCUT2D eigenvalue weighted by molar-refractivity contribution is -0.117. The van der Waals surface area contributed by atoms with Crippen LogP contribution in [-0.2, 0) is 11.3 Å². The summed E-state index contributed by atoms with van der Waals surface area (Å²) in [5, 5.41) is 9.12. The fourth-order valence-electron chi connectivity index (χ4n) is 2.93. The van der Waals surface area contributed by atoms with Crippen LogP contribution in [0.5, 0.6) is 0 Å². The number of nitrogens with one attached hydrogen (secondary N) is 1. The molecule has 28 heavy (non-hydrogen) atoms. The summed E-state index contributed by atoms with van der Waals surface area (Å²) in [5.41, 5.74) is 1.52. The van der Waals surface area contributed by atoms with Crippen LogP contribution >= 0.6 is 0 Å². The molecule has 1 amide bonds. The third-order valence-corrected chi connectivity index (χ3v) is 4.33. The molecule has 0 aliphatic heterocycles. The van der Waals surface area contributed by atoms with Crippen molar-refractivity contribution in [3.05, 3.63) is 95.0 Å². The molecule has 0 radical (unpaired) electrons. The van der Waals surface area contributed by atoms with Crippen molar-refractivity contribution in [1.29, 1.82) is 0 Å². The first kappa shape index (κ1) is 17.6. The molecule has 0 saturated carbocycles. The van der Waals surface area contributed by atoms with Gasteiger partial charge < -0.3 is 5.32 Å². The van der Waals surface area contributed by atoms with E-state index < -0.39 is 5.91 Å². The van der Waals surface area contributed by atoms with Gasteiger partial charge in [-0.2, -0.15) is 5.10 Å². The Morgan fingerprint density at radius 2 is 1.68 bits per heavy atom. The van der Waals surface area contributed by atoms with E-state index in [0.29, 0.717) is 11.4 Å². The molecule has 138 valence electrons. The zero-order chi connectivity index (χ0) is 19.5. The molecule has 1 aromatic heterocycles. The highest BCUT2D eigenvalue weighted by atomic mass is 19.1. The number of rotatable bonds is 4. The molecule has 6 heteroatoms. The van der Waals surface area contributed by atoms with Crippen molar-refractivity contribution in [2.45, 2.75) is 6.54 Å². The Balaban J connectivity index is 1.58. The average molecular weight is 373 g/mol. The van der Waals surface area contributed by atoms with E-state index in [-0.39, 0.29) is 17.9 Å². The van der Waals surface area contributed by atoms with Crippen molar-refractivity contribution < 1.29 is 9.18 Å². The van der Waals surface area contributed by atoms with Crippen LogP contribution in [0.4, 0.5) is 10.1 Å². The molecule has 3 aromatic carbocycles. The number of fused-ring (bicyclic) bond motifs is 1. The minimum absolute atomic E-state index is 0.238. The van der Waals surface area contributed by atoms with Gasteiger partial charge in [0.15, 0.2) is 0 Å². The molecule has 1 heterocycles. The minimum atomic E-state index is -0.420. The normalized spacial score (nSPS) is 10.8. The van der Waals surface area contributed by atoms with E-state index in [2.05, 4.69) is 10.4 Å². The number of aromatic nitrogens is 2. The second-order valence-electron chi connectivity index (χ2n) is 6.33. The Kier molecular flexibility index (Phi) is 4.68. The molecular weight excluding hydrogens is 357 g/mol. The first-order valence-corrected chi connectivity index (χ1v) is 8.71. The van der Waals surface area contributed by atoms with Crippen molar-refractivity contribution in [3.63, 3.8) is 0 Å². The van der Waals surface area contributed by atoms with Gasteiger partial charge in [-0.15, -0.1) is 0 Å². The molecule has 0 aliphatic rings. The molecule has 0 spiro atoms. The summed E-state index contributed by atoms with van der Waals surface area (Å²) in [7, 11) is 0. The van der Waals surface area contributed by atoms with Gasteiger partial charge in [0.05, 0.1) is 5.69 Å². The lowest BCUT2D eigenvalue weighted by atomic mass is 10.1. The third-order valence-electron chi connectivity index (χ3n) is 4.33. The molecule has 0 saturated heterocycles.